The number of fused-ring (bicyclic) bond motifs is 2. The van der Waals surface area contributed by atoms with Gasteiger partial charge < -0.3 is 0 Å². The first-order chi connectivity index (χ1) is 27.1. The summed E-state index contributed by atoms with van der Waals surface area (Å²) in [6, 6.07) is 33.4. The van der Waals surface area contributed by atoms with Gasteiger partial charge >= 0.3 is 368 Å². The summed E-state index contributed by atoms with van der Waals surface area (Å²) >= 11 is -4.82. The van der Waals surface area contributed by atoms with Crippen LogP contribution in [0.5, 0.6) is 0 Å². The molecule has 4 aromatic carbocycles. The van der Waals surface area contributed by atoms with Crippen LogP contribution in [0.1, 0.15) is 126 Å². The summed E-state index contributed by atoms with van der Waals surface area (Å²) in [6.07, 6.45) is 4.91. The van der Waals surface area contributed by atoms with Crippen molar-refractivity contribution in [2.45, 2.75) is 151 Å². The van der Waals surface area contributed by atoms with Crippen LogP contribution in [0.3, 0.4) is 0 Å². The van der Waals surface area contributed by atoms with Gasteiger partial charge in [-0.05, 0) is 0 Å². The zero-order valence-electron chi connectivity index (χ0n) is 38.7. The Labute approximate surface area is 365 Å². The summed E-state index contributed by atoms with van der Waals surface area (Å²) in [5.41, 5.74) is 17.3. The SMILES string of the molecule is CC1=Cc2c(-c3ccc([Si](C(C)C)(C(C)C)C(C)C)cc3)cccc2[CH]1[Zr]([Cl])([Cl])([CH]1C(C)=Cc2c(-c3ccc([Si](C(C)C)(C(C)C)C(C)C)cc3)cccc21)[SiH](C)C. The molecular weight excluding hydrogens is 871 g/mol. The molecule has 6 rings (SSSR count). The Balaban J connectivity index is 1.44. The van der Waals surface area contributed by atoms with E-state index < -0.39 is 37.6 Å². The van der Waals surface area contributed by atoms with Crippen molar-refractivity contribution in [2.24, 2.45) is 0 Å². The van der Waals surface area contributed by atoms with E-state index in [4.69, 9.17) is 17.0 Å². The number of hydrogen-bond donors (Lipinski definition) is 0. The van der Waals surface area contributed by atoms with Crippen LogP contribution >= 0.6 is 17.0 Å². The van der Waals surface area contributed by atoms with Crippen LogP contribution in [0.2, 0.25) is 46.3 Å². The van der Waals surface area contributed by atoms with E-state index in [1.54, 1.807) is 10.4 Å². The predicted molar refractivity (Wildman–Crippen MR) is 268 cm³/mol. The van der Waals surface area contributed by atoms with Gasteiger partial charge in [-0.1, -0.05) is 0 Å². The number of allylic oxidation sites excluding steroid dienone is 2. The van der Waals surface area contributed by atoms with Gasteiger partial charge in [0.05, 0.1) is 0 Å². The molecule has 0 bridgehead atoms. The van der Waals surface area contributed by atoms with Crippen LogP contribution in [0.4, 0.5) is 0 Å². The molecule has 0 nitrogen and oxygen atoms in total. The fraction of sp³-hybridized carbons (Fsp3) is 0.462. The molecule has 0 radical (unpaired) electrons. The Bertz CT molecular complexity index is 2010. The molecular formula is C52H73Cl2Si3Zr. The van der Waals surface area contributed by atoms with Gasteiger partial charge in [-0.2, -0.15) is 0 Å². The molecule has 0 aromatic heterocycles. The predicted octanol–water partition coefficient (Wildman–Crippen LogP) is 16.4. The molecule has 0 spiro atoms. The summed E-state index contributed by atoms with van der Waals surface area (Å²) < 4.78 is 0.161. The quantitative estimate of drug-likeness (QED) is 0.117. The zero-order chi connectivity index (χ0) is 42.9. The second-order valence-corrected chi connectivity index (χ2v) is 74.9. The van der Waals surface area contributed by atoms with E-state index in [1.807, 2.05) is 0 Å². The third kappa shape index (κ3) is 6.88. The van der Waals surface area contributed by atoms with Gasteiger partial charge in [0, 0.05) is 0 Å². The van der Waals surface area contributed by atoms with Crippen molar-refractivity contribution in [3.8, 4) is 22.3 Å². The number of halogens is 2. The van der Waals surface area contributed by atoms with Crippen LogP contribution in [0.25, 0.3) is 34.4 Å². The first kappa shape index (κ1) is 46.0. The third-order valence-electron chi connectivity index (χ3n) is 15.9. The molecule has 0 fully saturated rings. The third-order valence-corrected chi connectivity index (χ3v) is 82.3. The Hall–Kier alpha value is -1.53. The minimum absolute atomic E-state index is 0.0805. The molecule has 2 atom stereocenters. The first-order valence-electron chi connectivity index (χ1n) is 22.5. The van der Waals surface area contributed by atoms with E-state index in [2.05, 4.69) is 207 Å². The maximum absolute atomic E-state index is 8.67. The number of rotatable bonds is 13. The molecule has 58 heavy (non-hydrogen) atoms. The van der Waals surface area contributed by atoms with Gasteiger partial charge in [-0.25, -0.2) is 0 Å². The van der Waals surface area contributed by atoms with Crippen LogP contribution < -0.4 is 10.4 Å². The molecule has 311 valence electrons. The second-order valence-electron chi connectivity index (χ2n) is 20.6. The molecule has 2 aliphatic rings. The van der Waals surface area contributed by atoms with E-state index in [9.17, 15) is 0 Å². The molecule has 0 heterocycles. The van der Waals surface area contributed by atoms with Crippen molar-refractivity contribution in [3.05, 3.63) is 118 Å². The summed E-state index contributed by atoms with van der Waals surface area (Å²) in [4.78, 5) is 0. The average Bonchev–Trinajstić information content (AvgIpc) is 3.68. The van der Waals surface area contributed by atoms with Gasteiger partial charge in [-0.15, -0.1) is 0 Å². The number of hydrogen-bond acceptors (Lipinski definition) is 0. The summed E-state index contributed by atoms with van der Waals surface area (Å²) in [6.45, 7) is 39.0. The van der Waals surface area contributed by atoms with Crippen molar-refractivity contribution in [2.75, 3.05) is 0 Å². The van der Waals surface area contributed by atoms with Gasteiger partial charge in [0.2, 0.25) is 0 Å². The molecule has 0 aliphatic heterocycles. The minimum atomic E-state index is -4.82. The summed E-state index contributed by atoms with van der Waals surface area (Å²) in [5.74, 6) is -1.64. The summed E-state index contributed by atoms with van der Waals surface area (Å²) in [5, 5.41) is 3.17. The first-order valence-corrected chi connectivity index (χ1v) is 43.3. The van der Waals surface area contributed by atoms with Crippen molar-refractivity contribution in [1.82, 2.24) is 0 Å². The number of benzene rings is 4. The van der Waals surface area contributed by atoms with Gasteiger partial charge in [0.15, 0.2) is 0 Å². The fourth-order valence-electron chi connectivity index (χ4n) is 13.8. The summed E-state index contributed by atoms with van der Waals surface area (Å²) in [7, 11) is 13.8. The molecule has 2 aliphatic carbocycles. The van der Waals surface area contributed by atoms with E-state index in [-0.39, 0.29) is 7.25 Å². The van der Waals surface area contributed by atoms with E-state index in [1.165, 1.54) is 55.7 Å². The molecule has 6 heteroatoms. The van der Waals surface area contributed by atoms with Crippen molar-refractivity contribution >= 4 is 61.6 Å². The second kappa shape index (κ2) is 16.6. The molecule has 0 saturated heterocycles. The average molecular weight is 945 g/mol. The Morgan fingerprint density at radius 1 is 0.466 bits per heavy atom. The van der Waals surface area contributed by atoms with Crippen molar-refractivity contribution < 1.29 is 15.6 Å². The Morgan fingerprint density at radius 2 is 0.759 bits per heavy atom. The standard InChI is InChI=1S/2C25H33Si.C2H7Si.2ClH.Zr/c2*1-17(2)26(18(3)4,19(5)6)23-13-11-21(12-14-23)24-10-8-9-22-15-20(7)16-25(22)24;1-3-2;;;/h2*8-19H,1-7H3;3H,1-2H3;2*1H;/q;;;;;+2/p-2. The van der Waals surface area contributed by atoms with Crippen LogP contribution in [-0.2, 0) is 15.6 Å². The Morgan fingerprint density at radius 3 is 1.02 bits per heavy atom. The van der Waals surface area contributed by atoms with Crippen molar-refractivity contribution in [1.29, 1.82) is 0 Å². The Kier molecular flexibility index (Phi) is 13.2. The van der Waals surface area contributed by atoms with E-state index in [0.29, 0.717) is 33.2 Å². The van der Waals surface area contributed by atoms with Crippen LogP contribution in [-0.4, -0.2) is 22.1 Å². The van der Waals surface area contributed by atoms with Gasteiger partial charge in [0.1, 0.15) is 0 Å². The van der Waals surface area contributed by atoms with E-state index in [0.717, 1.165) is 0 Å². The maximum atomic E-state index is 8.67. The van der Waals surface area contributed by atoms with Crippen molar-refractivity contribution in [3.63, 3.8) is 0 Å². The zero-order valence-corrected chi connectivity index (χ0v) is 45.8. The molecule has 0 N–H and O–H groups in total. The van der Waals surface area contributed by atoms with Gasteiger partial charge in [-0.3, -0.25) is 0 Å². The molecule has 2 unspecified atom stereocenters. The molecule has 0 amide bonds. The fourth-order valence-corrected chi connectivity index (χ4v) is 60.2. The van der Waals surface area contributed by atoms with E-state index >= 15 is 0 Å². The monoisotopic (exact) mass is 941 g/mol. The van der Waals surface area contributed by atoms with Crippen LogP contribution in [0.15, 0.2) is 96.1 Å². The molecule has 4 aromatic rings. The van der Waals surface area contributed by atoms with Gasteiger partial charge in [0.25, 0.3) is 0 Å². The van der Waals surface area contributed by atoms with Crippen LogP contribution in [0, 0.1) is 0 Å². The molecule has 0 saturated carbocycles. The normalized spacial score (nSPS) is 18.1. The topological polar surface area (TPSA) is 0 Å².